The molecule has 3 nitrogen and oxygen atoms in total. The summed E-state index contributed by atoms with van der Waals surface area (Å²) in [6.45, 7) is 0. The van der Waals surface area contributed by atoms with Crippen LogP contribution in [-0.2, 0) is 17.9 Å². The van der Waals surface area contributed by atoms with Crippen LogP contribution in [0.1, 0.15) is 22.6 Å². The summed E-state index contributed by atoms with van der Waals surface area (Å²) in [5.74, 6) is 3.35. The van der Waals surface area contributed by atoms with Crippen LogP contribution in [0.4, 0.5) is 5.82 Å². The van der Waals surface area contributed by atoms with Gasteiger partial charge in [-0.2, -0.15) is 11.8 Å². The van der Waals surface area contributed by atoms with Crippen molar-refractivity contribution in [3.8, 4) is 0 Å². The van der Waals surface area contributed by atoms with Gasteiger partial charge in [-0.3, -0.25) is 0 Å². The molecule has 1 aromatic heterocycles. The molecule has 0 bridgehead atoms. The molecule has 3 rings (SSSR count). The number of thioether (sulfide) groups is 1. The highest BCUT2D eigenvalue weighted by Crippen LogP contribution is 2.31. The number of hydrogen-bond acceptors (Lipinski definition) is 4. The zero-order valence-electron chi connectivity index (χ0n) is 9.69. The average molecular weight is 322 g/mol. The first-order valence-electron chi connectivity index (χ1n) is 5.69. The summed E-state index contributed by atoms with van der Waals surface area (Å²) in [5.41, 5.74) is 9.40. The third kappa shape index (κ3) is 2.37. The molecule has 0 saturated heterocycles. The summed E-state index contributed by atoms with van der Waals surface area (Å²) in [5, 5.41) is 0. The first-order valence-corrected chi connectivity index (χ1v) is 7.63. The van der Waals surface area contributed by atoms with Gasteiger partial charge < -0.3 is 5.73 Å². The van der Waals surface area contributed by atoms with Gasteiger partial charge in [0.25, 0.3) is 0 Å². The highest BCUT2D eigenvalue weighted by molar-refractivity contribution is 9.10. The Morgan fingerprint density at radius 3 is 3.00 bits per heavy atom. The van der Waals surface area contributed by atoms with Crippen LogP contribution >= 0.6 is 27.7 Å². The molecule has 0 unspecified atom stereocenters. The second-order valence-corrected chi connectivity index (χ2v) is 6.15. The Labute approximate surface area is 118 Å². The van der Waals surface area contributed by atoms with Crippen molar-refractivity contribution in [1.82, 2.24) is 9.97 Å². The number of anilines is 1. The fourth-order valence-electron chi connectivity index (χ4n) is 2.04. The van der Waals surface area contributed by atoms with Crippen LogP contribution in [-0.4, -0.2) is 9.97 Å². The summed E-state index contributed by atoms with van der Waals surface area (Å²) >= 11 is 5.32. The molecule has 2 heterocycles. The highest BCUT2D eigenvalue weighted by Gasteiger charge is 2.18. The van der Waals surface area contributed by atoms with Crippen LogP contribution in [0.15, 0.2) is 28.7 Å². The normalized spacial score (nSPS) is 13.6. The molecule has 0 saturated carbocycles. The van der Waals surface area contributed by atoms with Crippen molar-refractivity contribution in [3.63, 3.8) is 0 Å². The van der Waals surface area contributed by atoms with Gasteiger partial charge in [0.05, 0.1) is 5.69 Å². The lowest BCUT2D eigenvalue weighted by molar-refractivity contribution is 0.934. The fraction of sp³-hybridized carbons (Fsp3) is 0.231. The van der Waals surface area contributed by atoms with E-state index in [1.165, 1.54) is 5.56 Å². The van der Waals surface area contributed by atoms with Gasteiger partial charge in [0, 0.05) is 28.0 Å². The zero-order valence-corrected chi connectivity index (χ0v) is 12.1. The van der Waals surface area contributed by atoms with Gasteiger partial charge in [0.2, 0.25) is 0 Å². The monoisotopic (exact) mass is 321 g/mol. The van der Waals surface area contributed by atoms with E-state index >= 15 is 0 Å². The number of halogens is 1. The minimum atomic E-state index is 0.648. The molecule has 5 heteroatoms. The largest absolute Gasteiger partial charge is 0.383 e. The van der Waals surface area contributed by atoms with Crippen LogP contribution in [0.2, 0.25) is 0 Å². The molecule has 0 atom stereocenters. The Morgan fingerprint density at radius 2 is 2.17 bits per heavy atom. The number of benzene rings is 1. The molecule has 0 fully saturated rings. The van der Waals surface area contributed by atoms with Crippen molar-refractivity contribution >= 4 is 33.5 Å². The number of nitrogens with two attached hydrogens (primary N) is 1. The van der Waals surface area contributed by atoms with Crippen LogP contribution in [0.3, 0.4) is 0 Å². The summed E-state index contributed by atoms with van der Waals surface area (Å²) < 4.78 is 1.07. The lowest BCUT2D eigenvalue weighted by Crippen LogP contribution is -2.06. The molecule has 18 heavy (non-hydrogen) atoms. The summed E-state index contributed by atoms with van der Waals surface area (Å²) in [6.07, 6.45) is 0.724. The van der Waals surface area contributed by atoms with E-state index in [0.29, 0.717) is 5.82 Å². The Bertz CT molecular complexity index is 601. The number of aromatic nitrogens is 2. The molecule has 1 aliphatic rings. The van der Waals surface area contributed by atoms with Crippen LogP contribution in [0.25, 0.3) is 0 Å². The Kier molecular flexibility index (Phi) is 3.26. The Hall–Kier alpha value is -1.07. The first kappa shape index (κ1) is 12.0. The molecule has 2 N–H and O–H groups in total. The standard InChI is InChI=1S/C13H12BrN3S/c14-9-3-1-2-8(4-9)5-12-16-11-7-18-6-10(11)13(15)17-12/h1-4H,5-7H2,(H2,15,16,17). The average Bonchev–Trinajstić information content (AvgIpc) is 2.77. The second-order valence-electron chi connectivity index (χ2n) is 4.25. The van der Waals surface area contributed by atoms with Gasteiger partial charge in [0.1, 0.15) is 11.6 Å². The van der Waals surface area contributed by atoms with Crippen LogP contribution < -0.4 is 5.73 Å². The predicted molar refractivity (Wildman–Crippen MR) is 78.4 cm³/mol. The fourth-order valence-corrected chi connectivity index (χ4v) is 3.54. The Morgan fingerprint density at radius 1 is 1.28 bits per heavy atom. The zero-order chi connectivity index (χ0) is 12.5. The van der Waals surface area contributed by atoms with Crippen molar-refractivity contribution in [2.45, 2.75) is 17.9 Å². The van der Waals surface area contributed by atoms with Crippen molar-refractivity contribution < 1.29 is 0 Å². The van der Waals surface area contributed by atoms with Crippen LogP contribution in [0.5, 0.6) is 0 Å². The topological polar surface area (TPSA) is 51.8 Å². The number of fused-ring (bicyclic) bond motifs is 1. The molecule has 92 valence electrons. The van der Waals surface area contributed by atoms with E-state index in [9.17, 15) is 0 Å². The van der Waals surface area contributed by atoms with Crippen molar-refractivity contribution in [2.75, 3.05) is 5.73 Å². The number of nitrogens with zero attached hydrogens (tertiary/aromatic N) is 2. The number of hydrogen-bond donors (Lipinski definition) is 1. The lowest BCUT2D eigenvalue weighted by Gasteiger charge is -2.06. The molecule has 0 spiro atoms. The minimum Gasteiger partial charge on any atom is -0.383 e. The molecule has 1 aliphatic heterocycles. The van der Waals surface area contributed by atoms with Crippen molar-refractivity contribution in [3.05, 3.63) is 51.4 Å². The van der Waals surface area contributed by atoms with Gasteiger partial charge in [-0.25, -0.2) is 9.97 Å². The smallest absolute Gasteiger partial charge is 0.135 e. The molecular formula is C13H12BrN3S. The van der Waals surface area contributed by atoms with E-state index < -0.39 is 0 Å². The number of nitrogen functional groups attached to an aromatic ring is 1. The molecule has 1 aromatic carbocycles. The highest BCUT2D eigenvalue weighted by atomic mass is 79.9. The maximum Gasteiger partial charge on any atom is 0.135 e. The molecule has 2 aromatic rings. The second kappa shape index (κ2) is 4.90. The van der Waals surface area contributed by atoms with E-state index in [0.717, 1.165) is 39.5 Å². The van der Waals surface area contributed by atoms with E-state index in [1.807, 2.05) is 23.9 Å². The summed E-state index contributed by atoms with van der Waals surface area (Å²) in [7, 11) is 0. The van der Waals surface area contributed by atoms with Gasteiger partial charge in [-0.1, -0.05) is 28.1 Å². The number of rotatable bonds is 2. The van der Waals surface area contributed by atoms with E-state index in [-0.39, 0.29) is 0 Å². The van der Waals surface area contributed by atoms with E-state index in [4.69, 9.17) is 5.73 Å². The third-order valence-electron chi connectivity index (χ3n) is 2.91. The Balaban J connectivity index is 1.92. The minimum absolute atomic E-state index is 0.648. The maximum absolute atomic E-state index is 5.98. The van der Waals surface area contributed by atoms with Gasteiger partial charge >= 0.3 is 0 Å². The predicted octanol–water partition coefficient (Wildman–Crippen LogP) is 3.16. The lowest BCUT2D eigenvalue weighted by atomic mass is 10.1. The SMILES string of the molecule is Nc1nc(Cc2cccc(Br)c2)nc2c1CSC2. The van der Waals surface area contributed by atoms with Gasteiger partial charge in [-0.15, -0.1) is 0 Å². The third-order valence-corrected chi connectivity index (χ3v) is 4.37. The van der Waals surface area contributed by atoms with Crippen molar-refractivity contribution in [2.24, 2.45) is 0 Å². The quantitative estimate of drug-likeness (QED) is 0.923. The van der Waals surface area contributed by atoms with E-state index in [1.54, 1.807) is 0 Å². The molecule has 0 radical (unpaired) electrons. The summed E-state index contributed by atoms with van der Waals surface area (Å²) in [6, 6.07) is 8.19. The summed E-state index contributed by atoms with van der Waals surface area (Å²) in [4.78, 5) is 9.02. The molecule has 0 amide bonds. The molecular weight excluding hydrogens is 310 g/mol. The van der Waals surface area contributed by atoms with Crippen molar-refractivity contribution in [1.29, 1.82) is 0 Å². The first-order chi connectivity index (χ1) is 8.72. The van der Waals surface area contributed by atoms with E-state index in [2.05, 4.69) is 38.0 Å². The van der Waals surface area contributed by atoms with Gasteiger partial charge in [0.15, 0.2) is 0 Å². The maximum atomic E-state index is 5.98. The van der Waals surface area contributed by atoms with Gasteiger partial charge in [-0.05, 0) is 17.7 Å². The van der Waals surface area contributed by atoms with Crippen LogP contribution in [0, 0.1) is 0 Å². The molecule has 0 aliphatic carbocycles.